The zero-order valence-electron chi connectivity index (χ0n) is 10.9. The van der Waals surface area contributed by atoms with Crippen LogP contribution in [-0.2, 0) is 9.47 Å². The average Bonchev–Trinajstić information content (AvgIpc) is 2.33. The zero-order valence-corrected chi connectivity index (χ0v) is 12.5. The zero-order chi connectivity index (χ0) is 12.3. The van der Waals surface area contributed by atoms with Crippen molar-refractivity contribution in [1.82, 2.24) is 0 Å². The Labute approximate surface area is 114 Å². The highest BCUT2D eigenvalue weighted by atomic mass is 79.9. The summed E-state index contributed by atoms with van der Waals surface area (Å²) in [4.78, 5) is 0. The molecule has 0 fully saturated rings. The predicted molar refractivity (Wildman–Crippen MR) is 75.6 cm³/mol. The summed E-state index contributed by atoms with van der Waals surface area (Å²) in [5.74, 6) is 0. The van der Waals surface area contributed by atoms with E-state index in [0.717, 1.165) is 19.4 Å². The van der Waals surface area contributed by atoms with Gasteiger partial charge in [0.2, 0.25) is 0 Å². The van der Waals surface area contributed by atoms with Gasteiger partial charge in [0.1, 0.15) is 0 Å². The van der Waals surface area contributed by atoms with Crippen LogP contribution in [0.3, 0.4) is 0 Å². The third-order valence-corrected chi connectivity index (χ3v) is 3.70. The van der Waals surface area contributed by atoms with Gasteiger partial charge in [0, 0.05) is 6.61 Å². The standard InChI is InChI=1S/C14H25BrO2/c1-2-16-10-11-17-14-9-7-5-3-4-6-8-13(15)12-14/h12,14H,2-11H2,1H3. The SMILES string of the molecule is CCOCCOC1C=C(Br)CCCCCCC1. The van der Waals surface area contributed by atoms with Gasteiger partial charge in [-0.3, -0.25) is 0 Å². The van der Waals surface area contributed by atoms with Gasteiger partial charge in [-0.25, -0.2) is 0 Å². The molecule has 0 N–H and O–H groups in total. The lowest BCUT2D eigenvalue weighted by molar-refractivity contribution is 0.0227. The second-order valence-corrected chi connectivity index (χ2v) is 5.54. The normalized spacial score (nSPS) is 23.2. The van der Waals surface area contributed by atoms with Gasteiger partial charge >= 0.3 is 0 Å². The number of hydrogen-bond donors (Lipinski definition) is 0. The van der Waals surface area contributed by atoms with Crippen molar-refractivity contribution in [2.24, 2.45) is 0 Å². The first-order valence-corrected chi connectivity index (χ1v) is 7.67. The quantitative estimate of drug-likeness (QED) is 0.700. The summed E-state index contributed by atoms with van der Waals surface area (Å²) < 4.78 is 12.5. The number of hydrogen-bond acceptors (Lipinski definition) is 2. The lowest BCUT2D eigenvalue weighted by Gasteiger charge is -2.16. The van der Waals surface area contributed by atoms with Crippen molar-refractivity contribution in [3.63, 3.8) is 0 Å². The highest BCUT2D eigenvalue weighted by molar-refractivity contribution is 9.11. The van der Waals surface area contributed by atoms with E-state index in [2.05, 4.69) is 22.0 Å². The average molecular weight is 305 g/mol. The molecule has 1 aliphatic rings. The molecule has 0 aliphatic heterocycles. The van der Waals surface area contributed by atoms with E-state index in [1.165, 1.54) is 36.6 Å². The Bertz CT molecular complexity index is 216. The third kappa shape index (κ3) is 7.96. The summed E-state index contributed by atoms with van der Waals surface area (Å²) >= 11 is 3.65. The highest BCUT2D eigenvalue weighted by Crippen LogP contribution is 2.22. The van der Waals surface area contributed by atoms with Crippen LogP contribution in [0.2, 0.25) is 0 Å². The van der Waals surface area contributed by atoms with Crippen LogP contribution in [0, 0.1) is 0 Å². The first kappa shape index (κ1) is 15.2. The van der Waals surface area contributed by atoms with Gasteiger partial charge in [-0.15, -0.1) is 0 Å². The summed E-state index contributed by atoms with van der Waals surface area (Å²) in [6.07, 6.45) is 11.5. The molecule has 0 spiro atoms. The smallest absolute Gasteiger partial charge is 0.0767 e. The molecule has 0 bridgehead atoms. The molecule has 2 nitrogen and oxygen atoms in total. The molecule has 1 rings (SSSR count). The summed E-state index contributed by atoms with van der Waals surface area (Å²) in [5.41, 5.74) is 0. The lowest BCUT2D eigenvalue weighted by atomic mass is 10.0. The first-order chi connectivity index (χ1) is 8.33. The molecular formula is C14H25BrO2. The molecule has 17 heavy (non-hydrogen) atoms. The van der Waals surface area contributed by atoms with Crippen LogP contribution in [0.15, 0.2) is 10.6 Å². The molecule has 0 radical (unpaired) electrons. The van der Waals surface area contributed by atoms with E-state index in [-0.39, 0.29) is 6.10 Å². The first-order valence-electron chi connectivity index (χ1n) is 6.88. The molecule has 0 saturated carbocycles. The van der Waals surface area contributed by atoms with E-state index in [9.17, 15) is 0 Å². The fraction of sp³-hybridized carbons (Fsp3) is 0.857. The van der Waals surface area contributed by atoms with E-state index in [4.69, 9.17) is 9.47 Å². The number of halogens is 1. The van der Waals surface area contributed by atoms with Crippen molar-refractivity contribution in [2.75, 3.05) is 19.8 Å². The van der Waals surface area contributed by atoms with E-state index in [0.29, 0.717) is 13.2 Å². The molecular weight excluding hydrogens is 280 g/mol. The minimum absolute atomic E-state index is 0.267. The minimum atomic E-state index is 0.267. The maximum Gasteiger partial charge on any atom is 0.0767 e. The molecule has 1 aliphatic carbocycles. The molecule has 100 valence electrons. The van der Waals surface area contributed by atoms with E-state index in [1.54, 1.807) is 0 Å². The molecule has 0 amide bonds. The largest absolute Gasteiger partial charge is 0.379 e. The fourth-order valence-corrected chi connectivity index (χ4v) is 2.65. The van der Waals surface area contributed by atoms with Crippen LogP contribution >= 0.6 is 15.9 Å². The van der Waals surface area contributed by atoms with E-state index < -0.39 is 0 Å². The van der Waals surface area contributed by atoms with Crippen LogP contribution in [-0.4, -0.2) is 25.9 Å². The summed E-state index contributed by atoms with van der Waals surface area (Å²) in [6, 6.07) is 0. The van der Waals surface area contributed by atoms with Crippen LogP contribution < -0.4 is 0 Å². The van der Waals surface area contributed by atoms with Gasteiger partial charge < -0.3 is 9.47 Å². The Morgan fingerprint density at radius 3 is 2.76 bits per heavy atom. The van der Waals surface area contributed by atoms with Gasteiger partial charge in [0.15, 0.2) is 0 Å². The van der Waals surface area contributed by atoms with Crippen molar-refractivity contribution >= 4 is 15.9 Å². The predicted octanol–water partition coefficient (Wildman–Crippen LogP) is 4.43. The minimum Gasteiger partial charge on any atom is -0.379 e. The summed E-state index contributed by atoms with van der Waals surface area (Å²) in [5, 5.41) is 0. The maximum atomic E-state index is 5.86. The molecule has 3 heteroatoms. The van der Waals surface area contributed by atoms with Crippen LogP contribution in [0.1, 0.15) is 51.9 Å². The van der Waals surface area contributed by atoms with Crippen LogP contribution in [0.25, 0.3) is 0 Å². The Morgan fingerprint density at radius 1 is 1.18 bits per heavy atom. The Hall–Kier alpha value is 0.140. The highest BCUT2D eigenvalue weighted by Gasteiger charge is 2.08. The van der Waals surface area contributed by atoms with Crippen LogP contribution in [0.4, 0.5) is 0 Å². The summed E-state index contributed by atoms with van der Waals surface area (Å²) in [6.45, 7) is 4.20. The van der Waals surface area contributed by atoms with Gasteiger partial charge in [-0.1, -0.05) is 41.6 Å². The maximum absolute atomic E-state index is 5.86. The van der Waals surface area contributed by atoms with Crippen LogP contribution in [0.5, 0.6) is 0 Å². The van der Waals surface area contributed by atoms with E-state index in [1.807, 2.05) is 6.92 Å². The van der Waals surface area contributed by atoms with Crippen molar-refractivity contribution < 1.29 is 9.47 Å². The Balaban J connectivity index is 2.32. The number of ether oxygens (including phenoxy) is 2. The molecule has 0 aromatic heterocycles. The number of allylic oxidation sites excluding steroid dienone is 1. The Morgan fingerprint density at radius 2 is 1.94 bits per heavy atom. The van der Waals surface area contributed by atoms with Crippen molar-refractivity contribution in [1.29, 1.82) is 0 Å². The number of rotatable bonds is 5. The Kier molecular flexibility index (Phi) is 9.03. The van der Waals surface area contributed by atoms with Crippen molar-refractivity contribution in [3.05, 3.63) is 10.6 Å². The molecule has 1 atom stereocenters. The van der Waals surface area contributed by atoms with Gasteiger partial charge in [0.25, 0.3) is 0 Å². The second kappa shape index (κ2) is 10.1. The fourth-order valence-electron chi connectivity index (χ4n) is 2.07. The van der Waals surface area contributed by atoms with Crippen molar-refractivity contribution in [2.45, 2.75) is 58.0 Å². The molecule has 0 aromatic carbocycles. The molecule has 0 heterocycles. The van der Waals surface area contributed by atoms with Gasteiger partial charge in [-0.05, 0) is 36.7 Å². The topological polar surface area (TPSA) is 18.5 Å². The van der Waals surface area contributed by atoms with E-state index >= 15 is 0 Å². The third-order valence-electron chi connectivity index (χ3n) is 3.03. The van der Waals surface area contributed by atoms with Gasteiger partial charge in [-0.2, -0.15) is 0 Å². The van der Waals surface area contributed by atoms with Crippen molar-refractivity contribution in [3.8, 4) is 0 Å². The monoisotopic (exact) mass is 304 g/mol. The molecule has 0 aromatic rings. The summed E-state index contributed by atoms with van der Waals surface area (Å²) in [7, 11) is 0. The lowest BCUT2D eigenvalue weighted by Crippen LogP contribution is -2.15. The van der Waals surface area contributed by atoms with Gasteiger partial charge in [0.05, 0.1) is 19.3 Å². The molecule has 1 unspecified atom stereocenters. The second-order valence-electron chi connectivity index (χ2n) is 4.53. The molecule has 0 saturated heterocycles.